The normalized spacial score (nSPS) is 16.8. The number of rotatable bonds is 0. The highest BCUT2D eigenvalue weighted by Gasteiger charge is 2.11. The molecule has 2 N–H and O–H groups in total. The number of fused-ring (bicyclic) bond motifs is 1. The monoisotopic (exact) mass is 137 g/mol. The summed E-state index contributed by atoms with van der Waals surface area (Å²) < 4.78 is 0. The van der Waals surface area contributed by atoms with Crippen molar-refractivity contribution in [3.8, 4) is 0 Å². The minimum atomic E-state index is 1.11. The third-order valence-electron chi connectivity index (χ3n) is 2.00. The number of hydrogen-bond acceptors (Lipinski definition) is 2. The minimum absolute atomic E-state index is 1.11. The maximum absolute atomic E-state index is 5.46. The number of aryl methyl sites for hydroxylation is 2. The Morgan fingerprint density at radius 3 is 3.00 bits per heavy atom. The van der Waals surface area contributed by atoms with Gasteiger partial charge < -0.3 is 5.84 Å². The van der Waals surface area contributed by atoms with Gasteiger partial charge in [0.05, 0.1) is 11.9 Å². The maximum Gasteiger partial charge on any atom is 0.0677 e. The molecule has 1 aromatic heterocycles. The van der Waals surface area contributed by atoms with Gasteiger partial charge in [-0.05, 0) is 31.2 Å². The van der Waals surface area contributed by atoms with E-state index in [2.05, 4.69) is 5.10 Å². The fourth-order valence-electron chi connectivity index (χ4n) is 1.49. The Labute approximate surface area is 59.8 Å². The van der Waals surface area contributed by atoms with E-state index in [1.54, 1.807) is 0 Å². The average molecular weight is 137 g/mol. The molecule has 0 atom stereocenters. The number of nitrogens with two attached hydrogens (primary N) is 1. The predicted octanol–water partition coefficient (Wildman–Crippen LogP) is 0.476. The molecule has 1 aliphatic carbocycles. The molecular weight excluding hydrogens is 126 g/mol. The second-order valence-corrected chi connectivity index (χ2v) is 2.79. The van der Waals surface area contributed by atoms with E-state index in [-0.39, 0.29) is 0 Å². The van der Waals surface area contributed by atoms with Crippen molar-refractivity contribution in [2.45, 2.75) is 25.7 Å². The molecule has 0 bridgehead atoms. The molecule has 0 aromatic carbocycles. The summed E-state index contributed by atoms with van der Waals surface area (Å²) in [5.41, 5.74) is 2.54. The third-order valence-corrected chi connectivity index (χ3v) is 2.00. The van der Waals surface area contributed by atoms with Crippen LogP contribution in [-0.4, -0.2) is 9.89 Å². The molecule has 0 saturated heterocycles. The lowest BCUT2D eigenvalue weighted by molar-refractivity contribution is 0.669. The fraction of sp³-hybridized carbons (Fsp3) is 0.571. The zero-order chi connectivity index (χ0) is 6.97. The van der Waals surface area contributed by atoms with Crippen LogP contribution in [0.4, 0.5) is 0 Å². The highest BCUT2D eigenvalue weighted by Crippen LogP contribution is 2.17. The molecule has 2 rings (SSSR count). The summed E-state index contributed by atoms with van der Waals surface area (Å²) in [7, 11) is 0. The standard InChI is InChI=1S/C7H11N3/c8-10-5-6-3-1-2-4-7(6)9-10/h5H,1-4,8H2. The van der Waals surface area contributed by atoms with Crippen LogP contribution in [0.15, 0.2) is 6.20 Å². The van der Waals surface area contributed by atoms with Crippen LogP contribution in [0.2, 0.25) is 0 Å². The number of hydrogen-bond donors (Lipinski definition) is 1. The Kier molecular flexibility index (Phi) is 1.16. The third kappa shape index (κ3) is 0.781. The molecule has 1 aromatic rings. The molecule has 0 unspecified atom stereocenters. The molecule has 3 heteroatoms. The van der Waals surface area contributed by atoms with E-state index >= 15 is 0 Å². The fourth-order valence-corrected chi connectivity index (χ4v) is 1.49. The zero-order valence-corrected chi connectivity index (χ0v) is 5.88. The zero-order valence-electron chi connectivity index (χ0n) is 5.88. The Balaban J connectivity index is 2.41. The van der Waals surface area contributed by atoms with Crippen LogP contribution in [-0.2, 0) is 12.8 Å². The topological polar surface area (TPSA) is 43.8 Å². The first-order valence-electron chi connectivity index (χ1n) is 3.69. The summed E-state index contributed by atoms with van der Waals surface area (Å²) in [6.07, 6.45) is 6.75. The van der Waals surface area contributed by atoms with E-state index in [4.69, 9.17) is 5.84 Å². The molecule has 0 radical (unpaired) electrons. The molecule has 0 amide bonds. The van der Waals surface area contributed by atoms with Crippen molar-refractivity contribution in [2.24, 2.45) is 0 Å². The molecule has 10 heavy (non-hydrogen) atoms. The SMILES string of the molecule is Nn1cc2c(n1)CCCC2. The maximum atomic E-state index is 5.46. The predicted molar refractivity (Wildman–Crippen MR) is 39.0 cm³/mol. The Morgan fingerprint density at radius 2 is 2.20 bits per heavy atom. The van der Waals surface area contributed by atoms with Crippen LogP contribution in [0.25, 0.3) is 0 Å². The first kappa shape index (κ1) is 5.77. The van der Waals surface area contributed by atoms with Gasteiger partial charge in [0, 0.05) is 0 Å². The molecular formula is C7H11N3. The lowest BCUT2D eigenvalue weighted by atomic mass is 9.99. The van der Waals surface area contributed by atoms with Crippen LogP contribution in [0.3, 0.4) is 0 Å². The summed E-state index contributed by atoms with van der Waals surface area (Å²) in [4.78, 5) is 1.43. The Morgan fingerprint density at radius 1 is 1.40 bits per heavy atom. The van der Waals surface area contributed by atoms with Crippen molar-refractivity contribution >= 4 is 0 Å². The first-order valence-corrected chi connectivity index (χ1v) is 3.69. The average Bonchev–Trinajstić information content (AvgIpc) is 2.27. The van der Waals surface area contributed by atoms with Gasteiger partial charge >= 0.3 is 0 Å². The molecule has 3 nitrogen and oxygen atoms in total. The molecule has 0 aliphatic heterocycles. The van der Waals surface area contributed by atoms with Gasteiger partial charge in [-0.3, -0.25) is 0 Å². The minimum Gasteiger partial charge on any atom is -0.323 e. The van der Waals surface area contributed by atoms with Crippen LogP contribution in [0.1, 0.15) is 24.1 Å². The summed E-state index contributed by atoms with van der Waals surface area (Å²) in [5, 5.41) is 4.15. The van der Waals surface area contributed by atoms with Crippen LogP contribution >= 0.6 is 0 Å². The molecule has 0 saturated carbocycles. The van der Waals surface area contributed by atoms with Crippen molar-refractivity contribution in [1.29, 1.82) is 0 Å². The van der Waals surface area contributed by atoms with E-state index in [0.717, 1.165) is 12.8 Å². The van der Waals surface area contributed by atoms with Crippen LogP contribution in [0, 0.1) is 0 Å². The van der Waals surface area contributed by atoms with Crippen molar-refractivity contribution in [1.82, 2.24) is 9.89 Å². The van der Waals surface area contributed by atoms with Crippen molar-refractivity contribution < 1.29 is 0 Å². The van der Waals surface area contributed by atoms with E-state index in [1.165, 1.54) is 28.9 Å². The van der Waals surface area contributed by atoms with Gasteiger partial charge in [0.1, 0.15) is 0 Å². The van der Waals surface area contributed by atoms with Gasteiger partial charge in [-0.15, -0.1) is 0 Å². The molecule has 1 heterocycles. The number of nitrogen functional groups attached to an aromatic ring is 1. The second-order valence-electron chi connectivity index (χ2n) is 2.79. The molecule has 1 aliphatic rings. The van der Waals surface area contributed by atoms with Crippen molar-refractivity contribution in [2.75, 3.05) is 5.84 Å². The Hall–Kier alpha value is -0.990. The molecule has 0 spiro atoms. The largest absolute Gasteiger partial charge is 0.323 e. The highest BCUT2D eigenvalue weighted by molar-refractivity contribution is 5.19. The summed E-state index contributed by atoms with van der Waals surface area (Å²) in [5.74, 6) is 5.46. The smallest absolute Gasteiger partial charge is 0.0677 e. The van der Waals surface area contributed by atoms with E-state index < -0.39 is 0 Å². The van der Waals surface area contributed by atoms with Gasteiger partial charge in [-0.25, -0.2) is 0 Å². The first-order chi connectivity index (χ1) is 4.86. The number of nitrogens with zero attached hydrogens (tertiary/aromatic N) is 2. The lowest BCUT2D eigenvalue weighted by Gasteiger charge is -2.06. The lowest BCUT2D eigenvalue weighted by Crippen LogP contribution is -2.08. The van der Waals surface area contributed by atoms with Crippen LogP contribution < -0.4 is 5.84 Å². The quantitative estimate of drug-likeness (QED) is 0.528. The van der Waals surface area contributed by atoms with Gasteiger partial charge in [0.2, 0.25) is 0 Å². The van der Waals surface area contributed by atoms with Gasteiger partial charge in [0.15, 0.2) is 0 Å². The van der Waals surface area contributed by atoms with E-state index in [1.807, 2.05) is 6.20 Å². The van der Waals surface area contributed by atoms with Gasteiger partial charge in [-0.1, -0.05) is 0 Å². The van der Waals surface area contributed by atoms with Crippen molar-refractivity contribution in [3.63, 3.8) is 0 Å². The second kappa shape index (κ2) is 2.01. The van der Waals surface area contributed by atoms with Gasteiger partial charge in [-0.2, -0.15) is 9.89 Å². The number of aromatic nitrogens is 2. The van der Waals surface area contributed by atoms with Crippen molar-refractivity contribution in [3.05, 3.63) is 17.5 Å². The Bertz CT molecular complexity index is 215. The van der Waals surface area contributed by atoms with E-state index in [9.17, 15) is 0 Å². The summed E-state index contributed by atoms with van der Waals surface area (Å²) in [6.45, 7) is 0. The van der Waals surface area contributed by atoms with E-state index in [0.29, 0.717) is 0 Å². The molecule has 54 valence electrons. The van der Waals surface area contributed by atoms with Crippen LogP contribution in [0.5, 0.6) is 0 Å². The summed E-state index contributed by atoms with van der Waals surface area (Å²) in [6, 6.07) is 0. The highest BCUT2D eigenvalue weighted by atomic mass is 15.5. The summed E-state index contributed by atoms with van der Waals surface area (Å²) >= 11 is 0. The van der Waals surface area contributed by atoms with Gasteiger partial charge in [0.25, 0.3) is 0 Å². The molecule has 0 fully saturated rings.